The van der Waals surface area contributed by atoms with Gasteiger partial charge in [0.15, 0.2) is 0 Å². The summed E-state index contributed by atoms with van der Waals surface area (Å²) in [5, 5.41) is 21.6. The molecule has 0 aliphatic carbocycles. The first kappa shape index (κ1) is 30.2. The van der Waals surface area contributed by atoms with Gasteiger partial charge >= 0.3 is 0 Å². The van der Waals surface area contributed by atoms with E-state index in [1.807, 2.05) is 38.1 Å². The minimum Gasteiger partial charge on any atom is -0.507 e. The summed E-state index contributed by atoms with van der Waals surface area (Å²) >= 11 is 0. The molecule has 0 aromatic heterocycles. The molecule has 0 saturated carbocycles. The number of benzene rings is 1. The van der Waals surface area contributed by atoms with Crippen LogP contribution >= 0.6 is 0 Å². The Labute approximate surface area is 209 Å². The van der Waals surface area contributed by atoms with Crippen LogP contribution in [-0.4, -0.2) is 59.3 Å². The quantitative estimate of drug-likeness (QED) is 0.332. The third kappa shape index (κ3) is 8.11. The molecule has 0 spiro atoms. The molecule has 192 valence electrons. The van der Waals surface area contributed by atoms with E-state index in [-0.39, 0.29) is 11.2 Å². The van der Waals surface area contributed by atoms with Crippen LogP contribution in [0.2, 0.25) is 0 Å². The highest BCUT2D eigenvalue weighted by molar-refractivity contribution is 5.45. The summed E-state index contributed by atoms with van der Waals surface area (Å²) in [7, 11) is 4.22. The highest BCUT2D eigenvalue weighted by Gasteiger charge is 2.38. The van der Waals surface area contributed by atoms with Crippen LogP contribution in [0.5, 0.6) is 5.75 Å². The van der Waals surface area contributed by atoms with E-state index in [4.69, 9.17) is 0 Å². The molecule has 0 atom stereocenters. The molecule has 4 nitrogen and oxygen atoms in total. The molecule has 4 heteroatoms. The lowest BCUT2D eigenvalue weighted by atomic mass is 9.71. The Morgan fingerprint density at radius 2 is 1.62 bits per heavy atom. The summed E-state index contributed by atoms with van der Waals surface area (Å²) in [5.41, 5.74) is 2.98. The number of likely N-dealkylation sites (N-methyl/N-ethyl adjacent to an activating group) is 2. The summed E-state index contributed by atoms with van der Waals surface area (Å²) in [6, 6.07) is 5.84. The first-order chi connectivity index (χ1) is 15.6. The number of para-hydroxylation sites is 1. The van der Waals surface area contributed by atoms with Gasteiger partial charge in [0.1, 0.15) is 5.75 Å². The van der Waals surface area contributed by atoms with Crippen molar-refractivity contribution in [1.82, 2.24) is 9.80 Å². The van der Waals surface area contributed by atoms with E-state index in [1.165, 1.54) is 11.1 Å². The molecule has 34 heavy (non-hydrogen) atoms. The summed E-state index contributed by atoms with van der Waals surface area (Å²) in [6.45, 7) is 23.7. The molecule has 0 unspecified atom stereocenters. The molecule has 0 amide bonds. The van der Waals surface area contributed by atoms with Crippen LogP contribution in [0.4, 0.5) is 0 Å². The number of hydrogen-bond acceptors (Lipinski definition) is 4. The second-order valence-corrected chi connectivity index (χ2v) is 11.5. The molecular formula is C30H50N2O2. The minimum atomic E-state index is -0.951. The van der Waals surface area contributed by atoms with E-state index in [2.05, 4.69) is 70.3 Å². The fraction of sp³-hybridized carbons (Fsp3) is 0.600. The molecule has 0 saturated heterocycles. The SMILES string of the molecule is C=C/C=C(\C=C(/C)C(C)(C)CC)CN(C)CCN(C)Cc1cccc(C(C)(C)C(C)(C)O)c1O. The van der Waals surface area contributed by atoms with Crippen LogP contribution in [0.15, 0.2) is 54.2 Å². The van der Waals surface area contributed by atoms with Crippen molar-refractivity contribution in [2.24, 2.45) is 5.41 Å². The van der Waals surface area contributed by atoms with Gasteiger partial charge in [-0.2, -0.15) is 0 Å². The van der Waals surface area contributed by atoms with Crippen molar-refractivity contribution in [2.75, 3.05) is 33.7 Å². The lowest BCUT2D eigenvalue weighted by Gasteiger charge is -2.38. The van der Waals surface area contributed by atoms with Crippen molar-refractivity contribution >= 4 is 0 Å². The lowest BCUT2D eigenvalue weighted by Crippen LogP contribution is -2.42. The Morgan fingerprint density at radius 3 is 2.15 bits per heavy atom. The number of nitrogens with zero attached hydrogens (tertiary/aromatic N) is 2. The minimum absolute atomic E-state index is 0.190. The number of allylic oxidation sites excluding steroid dienone is 3. The maximum atomic E-state index is 11.0. The zero-order chi connectivity index (χ0) is 26.3. The normalized spacial score (nSPS) is 14.3. The smallest absolute Gasteiger partial charge is 0.123 e. The maximum absolute atomic E-state index is 11.0. The van der Waals surface area contributed by atoms with Gasteiger partial charge in [-0.25, -0.2) is 0 Å². The third-order valence-corrected chi connectivity index (χ3v) is 7.76. The van der Waals surface area contributed by atoms with Gasteiger partial charge in [-0.15, -0.1) is 0 Å². The van der Waals surface area contributed by atoms with Crippen LogP contribution in [0.3, 0.4) is 0 Å². The lowest BCUT2D eigenvalue weighted by molar-refractivity contribution is 0.00856. The predicted octanol–water partition coefficient (Wildman–Crippen LogP) is 6.30. The number of aliphatic hydroxyl groups is 1. The molecule has 1 aromatic carbocycles. The van der Waals surface area contributed by atoms with Crippen LogP contribution in [0.25, 0.3) is 0 Å². The Bertz CT molecular complexity index is 872. The van der Waals surface area contributed by atoms with Crippen molar-refractivity contribution in [1.29, 1.82) is 0 Å². The van der Waals surface area contributed by atoms with Gasteiger partial charge in [0.2, 0.25) is 0 Å². The molecule has 0 aliphatic heterocycles. The Morgan fingerprint density at radius 1 is 1.03 bits per heavy atom. The van der Waals surface area contributed by atoms with Crippen molar-refractivity contribution < 1.29 is 10.2 Å². The van der Waals surface area contributed by atoms with Gasteiger partial charge in [-0.3, -0.25) is 0 Å². The fourth-order valence-electron chi connectivity index (χ4n) is 3.70. The van der Waals surface area contributed by atoms with E-state index in [1.54, 1.807) is 13.8 Å². The molecular weight excluding hydrogens is 420 g/mol. The van der Waals surface area contributed by atoms with Gasteiger partial charge in [0.25, 0.3) is 0 Å². The number of phenols is 1. The molecule has 0 heterocycles. The zero-order valence-electron chi connectivity index (χ0n) is 23.5. The first-order valence-electron chi connectivity index (χ1n) is 12.5. The average molecular weight is 471 g/mol. The molecule has 0 aliphatic rings. The van der Waals surface area contributed by atoms with Gasteiger partial charge in [0, 0.05) is 42.7 Å². The van der Waals surface area contributed by atoms with E-state index >= 15 is 0 Å². The van der Waals surface area contributed by atoms with Gasteiger partial charge in [0.05, 0.1) is 5.60 Å². The largest absolute Gasteiger partial charge is 0.507 e. The number of rotatable bonds is 13. The predicted molar refractivity (Wildman–Crippen MR) is 147 cm³/mol. The number of aromatic hydroxyl groups is 1. The van der Waals surface area contributed by atoms with E-state index in [9.17, 15) is 10.2 Å². The Balaban J connectivity index is 2.84. The Hall–Kier alpha value is -1.88. The molecule has 0 radical (unpaired) electrons. The second kappa shape index (κ2) is 12.2. The highest BCUT2D eigenvalue weighted by Crippen LogP contribution is 2.40. The summed E-state index contributed by atoms with van der Waals surface area (Å²) in [5.74, 6) is 0.283. The van der Waals surface area contributed by atoms with Crippen molar-refractivity contribution in [3.05, 3.63) is 65.3 Å². The molecule has 2 N–H and O–H groups in total. The average Bonchev–Trinajstić information content (AvgIpc) is 2.72. The van der Waals surface area contributed by atoms with Crippen LogP contribution in [0, 0.1) is 5.41 Å². The second-order valence-electron chi connectivity index (χ2n) is 11.5. The molecule has 0 bridgehead atoms. The fourth-order valence-corrected chi connectivity index (χ4v) is 3.70. The van der Waals surface area contributed by atoms with Crippen LogP contribution in [-0.2, 0) is 12.0 Å². The summed E-state index contributed by atoms with van der Waals surface area (Å²) in [6.07, 6.45) is 7.38. The highest BCUT2D eigenvalue weighted by atomic mass is 16.3. The Kier molecular flexibility index (Phi) is 10.8. The number of hydrogen-bond donors (Lipinski definition) is 2. The van der Waals surface area contributed by atoms with Crippen molar-refractivity contribution in [3.63, 3.8) is 0 Å². The topological polar surface area (TPSA) is 46.9 Å². The van der Waals surface area contributed by atoms with Crippen molar-refractivity contribution in [3.8, 4) is 5.75 Å². The standard InChI is InChI=1S/C30H50N2O2/c1-12-15-24(20-23(3)28(4,5)13-2)21-31(10)18-19-32(11)22-25-16-14-17-26(27(25)33)29(6,7)30(8,9)34/h12,14-17,20,33-34H,1,13,18-19,21-22H2,2-11H3/b23-20+,24-15+. The van der Waals surface area contributed by atoms with E-state index in [0.29, 0.717) is 6.54 Å². The summed E-state index contributed by atoms with van der Waals surface area (Å²) in [4.78, 5) is 4.55. The van der Waals surface area contributed by atoms with E-state index in [0.717, 1.165) is 37.2 Å². The molecule has 0 fully saturated rings. The number of phenolic OH excluding ortho intramolecular Hbond substituents is 1. The van der Waals surface area contributed by atoms with Gasteiger partial charge in [-0.05, 0) is 52.3 Å². The molecule has 1 rings (SSSR count). The maximum Gasteiger partial charge on any atom is 0.123 e. The van der Waals surface area contributed by atoms with Crippen molar-refractivity contribution in [2.45, 2.75) is 79.4 Å². The van der Waals surface area contributed by atoms with Crippen LogP contribution < -0.4 is 0 Å². The monoisotopic (exact) mass is 470 g/mol. The van der Waals surface area contributed by atoms with Gasteiger partial charge in [-0.1, -0.05) is 83.2 Å². The summed E-state index contributed by atoms with van der Waals surface area (Å²) < 4.78 is 0. The molecule has 1 aromatic rings. The zero-order valence-corrected chi connectivity index (χ0v) is 23.5. The first-order valence-corrected chi connectivity index (χ1v) is 12.5. The van der Waals surface area contributed by atoms with E-state index < -0.39 is 11.0 Å². The third-order valence-electron chi connectivity index (χ3n) is 7.76. The van der Waals surface area contributed by atoms with Crippen LogP contribution in [0.1, 0.15) is 72.9 Å². The van der Waals surface area contributed by atoms with Gasteiger partial charge < -0.3 is 20.0 Å².